The number of hydrogen-bond acceptors (Lipinski definition) is 6. The lowest BCUT2D eigenvalue weighted by molar-refractivity contribution is 0.395. The van der Waals surface area contributed by atoms with Crippen molar-refractivity contribution in [1.29, 1.82) is 0 Å². The number of aryl methyl sites for hydroxylation is 1. The summed E-state index contributed by atoms with van der Waals surface area (Å²) in [6.45, 7) is 1.84. The first kappa shape index (κ1) is 21.4. The van der Waals surface area contributed by atoms with Gasteiger partial charge in [-0.3, -0.25) is 9.67 Å². The maximum atomic E-state index is 5.65. The maximum Gasteiger partial charge on any atom is 0.121 e. The number of ether oxygens (including phenoxy) is 1. The van der Waals surface area contributed by atoms with Gasteiger partial charge < -0.3 is 14.5 Å². The molecule has 1 fully saturated rings. The Labute approximate surface area is 194 Å². The van der Waals surface area contributed by atoms with Gasteiger partial charge in [0.05, 0.1) is 36.2 Å². The number of aromatic nitrogens is 4. The third-order valence-corrected chi connectivity index (χ3v) is 5.97. The highest BCUT2D eigenvalue weighted by Crippen LogP contribution is 2.37. The first-order chi connectivity index (χ1) is 16.0. The van der Waals surface area contributed by atoms with Gasteiger partial charge in [0.2, 0.25) is 0 Å². The van der Waals surface area contributed by atoms with Gasteiger partial charge in [-0.15, -0.1) is 0 Å². The van der Waals surface area contributed by atoms with Crippen LogP contribution in [0.25, 0.3) is 22.3 Å². The monoisotopic (exact) mass is 442 g/mol. The van der Waals surface area contributed by atoms with E-state index in [-0.39, 0.29) is 0 Å². The molecule has 0 radical (unpaired) electrons. The van der Waals surface area contributed by atoms with E-state index in [0.717, 1.165) is 58.4 Å². The van der Waals surface area contributed by atoms with Gasteiger partial charge in [0.1, 0.15) is 5.75 Å². The average molecular weight is 443 g/mol. The number of rotatable bonds is 8. The Kier molecular flexibility index (Phi) is 5.72. The molecular formula is C26H30N6O. The lowest BCUT2D eigenvalue weighted by Crippen LogP contribution is -2.20. The van der Waals surface area contributed by atoms with Crippen molar-refractivity contribution in [3.8, 4) is 17.0 Å². The fraction of sp³-hybridized carbons (Fsp3) is 0.346. The maximum absolute atomic E-state index is 5.65. The molecule has 7 heteroatoms. The van der Waals surface area contributed by atoms with Crippen molar-refractivity contribution >= 4 is 22.4 Å². The number of benzene rings is 2. The lowest BCUT2D eigenvalue weighted by Gasteiger charge is -2.27. The number of methoxy groups -OCH3 is 1. The van der Waals surface area contributed by atoms with Crippen LogP contribution in [-0.2, 0) is 13.6 Å². The molecule has 33 heavy (non-hydrogen) atoms. The van der Waals surface area contributed by atoms with Crippen LogP contribution in [-0.4, -0.2) is 52.4 Å². The van der Waals surface area contributed by atoms with Crippen LogP contribution in [0.1, 0.15) is 18.4 Å². The van der Waals surface area contributed by atoms with Crippen LogP contribution in [0.3, 0.4) is 0 Å². The number of anilines is 2. The summed E-state index contributed by atoms with van der Waals surface area (Å²) < 4.78 is 7.43. The molecule has 2 aromatic heterocycles. The normalized spacial score (nSPS) is 13.6. The van der Waals surface area contributed by atoms with Gasteiger partial charge in [-0.2, -0.15) is 5.10 Å². The van der Waals surface area contributed by atoms with E-state index in [1.165, 1.54) is 18.4 Å². The summed E-state index contributed by atoms with van der Waals surface area (Å²) in [7, 11) is 7.81. The van der Waals surface area contributed by atoms with E-state index in [2.05, 4.69) is 70.4 Å². The van der Waals surface area contributed by atoms with Crippen LogP contribution in [0.2, 0.25) is 0 Å². The van der Waals surface area contributed by atoms with Crippen molar-refractivity contribution in [1.82, 2.24) is 24.6 Å². The van der Waals surface area contributed by atoms with E-state index in [9.17, 15) is 0 Å². The molecule has 0 N–H and O–H groups in total. The number of hydrogen-bond donors (Lipinski definition) is 0. The van der Waals surface area contributed by atoms with Gasteiger partial charge in [0, 0.05) is 49.3 Å². The third-order valence-electron chi connectivity index (χ3n) is 5.97. The number of fused-ring (bicyclic) bond motifs is 1. The van der Waals surface area contributed by atoms with Crippen LogP contribution in [0.5, 0.6) is 5.75 Å². The summed E-state index contributed by atoms with van der Waals surface area (Å²) in [5, 5.41) is 4.27. The predicted molar refractivity (Wildman–Crippen MR) is 132 cm³/mol. The van der Waals surface area contributed by atoms with Gasteiger partial charge in [-0.1, -0.05) is 0 Å². The second kappa shape index (κ2) is 8.83. The Bertz CT molecular complexity index is 1280. The van der Waals surface area contributed by atoms with Gasteiger partial charge in [-0.25, -0.2) is 4.98 Å². The lowest BCUT2D eigenvalue weighted by atomic mass is 10.1. The molecule has 1 aliphatic rings. The summed E-state index contributed by atoms with van der Waals surface area (Å²) in [6.07, 6.45) is 8.16. The van der Waals surface area contributed by atoms with Crippen LogP contribution in [0, 0.1) is 5.92 Å². The van der Waals surface area contributed by atoms with E-state index in [0.29, 0.717) is 0 Å². The SMILES string of the molecule is COc1cc(CN(C)C)cc(N(CC2CC2)c2ccc3ncc(-c4cnn(C)c4)nc3c2)c1. The average Bonchev–Trinajstić information content (AvgIpc) is 3.53. The van der Waals surface area contributed by atoms with Gasteiger partial charge >= 0.3 is 0 Å². The van der Waals surface area contributed by atoms with E-state index < -0.39 is 0 Å². The predicted octanol–water partition coefficient (Wildman–Crippen LogP) is 4.65. The van der Waals surface area contributed by atoms with Crippen LogP contribution >= 0.6 is 0 Å². The summed E-state index contributed by atoms with van der Waals surface area (Å²) in [5.41, 5.74) is 7.06. The zero-order chi connectivity index (χ0) is 22.9. The van der Waals surface area contributed by atoms with Crippen molar-refractivity contribution in [2.24, 2.45) is 13.0 Å². The van der Waals surface area contributed by atoms with Crippen molar-refractivity contribution < 1.29 is 4.74 Å². The fourth-order valence-electron chi connectivity index (χ4n) is 4.15. The number of nitrogens with zero attached hydrogens (tertiary/aromatic N) is 6. The molecule has 0 bridgehead atoms. The summed E-state index contributed by atoms with van der Waals surface area (Å²) in [4.78, 5) is 14.1. The Balaban J connectivity index is 1.56. The highest BCUT2D eigenvalue weighted by molar-refractivity contribution is 5.82. The molecule has 0 saturated heterocycles. The van der Waals surface area contributed by atoms with Crippen LogP contribution < -0.4 is 9.64 Å². The highest BCUT2D eigenvalue weighted by Gasteiger charge is 2.26. The molecule has 0 atom stereocenters. The molecule has 2 aromatic carbocycles. The molecule has 0 spiro atoms. The quantitative estimate of drug-likeness (QED) is 0.396. The van der Waals surface area contributed by atoms with Gasteiger partial charge in [0.15, 0.2) is 0 Å². The Morgan fingerprint density at radius 2 is 1.88 bits per heavy atom. The van der Waals surface area contributed by atoms with E-state index in [1.807, 2.05) is 25.6 Å². The van der Waals surface area contributed by atoms with E-state index in [1.54, 1.807) is 11.8 Å². The van der Waals surface area contributed by atoms with Crippen molar-refractivity contribution in [2.75, 3.05) is 32.6 Å². The molecular weight excluding hydrogens is 412 g/mol. The molecule has 1 saturated carbocycles. The minimum absolute atomic E-state index is 0.719. The topological polar surface area (TPSA) is 59.3 Å². The van der Waals surface area contributed by atoms with Crippen molar-refractivity contribution in [3.63, 3.8) is 0 Å². The second-order valence-corrected chi connectivity index (χ2v) is 9.16. The minimum atomic E-state index is 0.719. The highest BCUT2D eigenvalue weighted by atomic mass is 16.5. The van der Waals surface area contributed by atoms with Gasteiger partial charge in [-0.05, 0) is 68.8 Å². The Morgan fingerprint density at radius 1 is 1.03 bits per heavy atom. The van der Waals surface area contributed by atoms with E-state index in [4.69, 9.17) is 9.72 Å². The fourth-order valence-corrected chi connectivity index (χ4v) is 4.15. The first-order valence-corrected chi connectivity index (χ1v) is 11.3. The molecule has 4 aromatic rings. The summed E-state index contributed by atoms with van der Waals surface area (Å²) >= 11 is 0. The summed E-state index contributed by atoms with van der Waals surface area (Å²) in [5.74, 6) is 1.60. The summed E-state index contributed by atoms with van der Waals surface area (Å²) in [6, 6.07) is 12.9. The van der Waals surface area contributed by atoms with Crippen LogP contribution in [0.15, 0.2) is 55.0 Å². The first-order valence-electron chi connectivity index (χ1n) is 11.3. The smallest absolute Gasteiger partial charge is 0.121 e. The van der Waals surface area contributed by atoms with Crippen molar-refractivity contribution in [2.45, 2.75) is 19.4 Å². The zero-order valence-corrected chi connectivity index (χ0v) is 19.7. The molecule has 7 nitrogen and oxygen atoms in total. The molecule has 0 amide bonds. The van der Waals surface area contributed by atoms with Gasteiger partial charge in [0.25, 0.3) is 0 Å². The van der Waals surface area contributed by atoms with Crippen molar-refractivity contribution in [3.05, 3.63) is 60.6 Å². The van der Waals surface area contributed by atoms with Crippen LogP contribution in [0.4, 0.5) is 11.4 Å². The minimum Gasteiger partial charge on any atom is -0.497 e. The molecule has 0 aliphatic heterocycles. The molecule has 5 rings (SSSR count). The Morgan fingerprint density at radius 3 is 2.58 bits per heavy atom. The third kappa shape index (κ3) is 4.83. The molecule has 1 aliphatic carbocycles. The second-order valence-electron chi connectivity index (χ2n) is 9.16. The molecule has 2 heterocycles. The zero-order valence-electron chi connectivity index (χ0n) is 19.7. The van der Waals surface area contributed by atoms with E-state index >= 15 is 0 Å². The largest absolute Gasteiger partial charge is 0.497 e. The molecule has 0 unspecified atom stereocenters. The molecule has 170 valence electrons. The Hall–Kier alpha value is -3.45. The standard InChI is InChI=1S/C26H30N6O/c1-30(2)15-19-9-22(11-23(10-19)33-4)32(16-18-5-6-18)21-7-8-24-25(12-21)29-26(14-27-24)20-13-28-31(3)17-20/h7-14,17-18H,5-6,15-16H2,1-4H3.